The molecule has 0 spiro atoms. The second kappa shape index (κ2) is 7.38. The molecule has 2 heteroatoms. The second-order valence-electron chi connectivity index (χ2n) is 6.21. The summed E-state index contributed by atoms with van der Waals surface area (Å²) < 4.78 is 0. The van der Waals surface area contributed by atoms with Gasteiger partial charge in [-0.15, -0.1) is 0 Å². The molecule has 0 saturated heterocycles. The van der Waals surface area contributed by atoms with Crippen LogP contribution in [-0.4, -0.2) is 17.3 Å². The number of aliphatic hydroxyl groups is 1. The van der Waals surface area contributed by atoms with Crippen molar-refractivity contribution in [2.75, 3.05) is 0 Å². The molecule has 0 heterocycles. The zero-order valence-corrected chi connectivity index (χ0v) is 11.6. The molecule has 0 aromatic rings. The Labute approximate surface area is 107 Å². The Balaban J connectivity index is 2.27. The molecular formula is C15H30NO. The van der Waals surface area contributed by atoms with Gasteiger partial charge in [-0.05, 0) is 37.5 Å². The van der Waals surface area contributed by atoms with Crippen LogP contribution in [0, 0.1) is 24.7 Å². The highest BCUT2D eigenvalue weighted by Crippen LogP contribution is 2.28. The van der Waals surface area contributed by atoms with E-state index in [-0.39, 0.29) is 12.1 Å². The van der Waals surface area contributed by atoms with E-state index in [9.17, 15) is 5.11 Å². The van der Waals surface area contributed by atoms with Gasteiger partial charge in [-0.2, -0.15) is 0 Å². The molecule has 3 atom stereocenters. The molecule has 0 unspecified atom stereocenters. The Kier molecular flexibility index (Phi) is 6.50. The highest BCUT2D eigenvalue weighted by atomic mass is 16.3. The molecule has 1 aliphatic rings. The van der Waals surface area contributed by atoms with Crippen LogP contribution in [0.2, 0.25) is 0 Å². The van der Waals surface area contributed by atoms with Crippen LogP contribution in [0.3, 0.4) is 0 Å². The minimum Gasteiger partial charge on any atom is -0.392 e. The molecule has 1 radical (unpaired) electrons. The monoisotopic (exact) mass is 240 g/mol. The van der Waals surface area contributed by atoms with Crippen LogP contribution in [0.5, 0.6) is 0 Å². The number of nitrogens with two attached hydrogens (primary N) is 1. The summed E-state index contributed by atoms with van der Waals surface area (Å²) in [6.45, 7) is 8.39. The van der Waals surface area contributed by atoms with E-state index in [1.165, 1.54) is 32.1 Å². The molecule has 0 aromatic carbocycles. The lowest BCUT2D eigenvalue weighted by atomic mass is 9.82. The van der Waals surface area contributed by atoms with E-state index < -0.39 is 0 Å². The maximum Gasteiger partial charge on any atom is 0.0693 e. The van der Waals surface area contributed by atoms with Crippen molar-refractivity contribution in [2.45, 2.75) is 70.9 Å². The van der Waals surface area contributed by atoms with Crippen LogP contribution < -0.4 is 5.73 Å². The molecule has 0 aromatic heterocycles. The maximum atomic E-state index is 10.1. The largest absolute Gasteiger partial charge is 0.392 e. The molecule has 3 N–H and O–H groups in total. The Bertz CT molecular complexity index is 199. The van der Waals surface area contributed by atoms with Crippen LogP contribution in [0.1, 0.15) is 58.8 Å². The third kappa shape index (κ3) is 5.39. The summed E-state index contributed by atoms with van der Waals surface area (Å²) in [5.74, 6) is 1.57. The van der Waals surface area contributed by atoms with Crippen LogP contribution in [0.15, 0.2) is 0 Å². The summed E-state index contributed by atoms with van der Waals surface area (Å²) in [4.78, 5) is 0. The van der Waals surface area contributed by atoms with Gasteiger partial charge in [0, 0.05) is 6.04 Å². The Morgan fingerprint density at radius 2 is 1.82 bits per heavy atom. The van der Waals surface area contributed by atoms with E-state index in [0.717, 1.165) is 18.8 Å². The fraction of sp³-hybridized carbons (Fsp3) is 0.933. The molecule has 1 aliphatic carbocycles. The molecule has 0 amide bonds. The van der Waals surface area contributed by atoms with Crippen molar-refractivity contribution in [3.8, 4) is 0 Å². The third-order valence-corrected chi connectivity index (χ3v) is 4.31. The minimum atomic E-state index is -0.373. The lowest BCUT2D eigenvalue weighted by Gasteiger charge is -2.29. The zero-order valence-electron chi connectivity index (χ0n) is 11.6. The van der Waals surface area contributed by atoms with E-state index in [1.54, 1.807) is 0 Å². The minimum absolute atomic E-state index is 0.0545. The summed E-state index contributed by atoms with van der Waals surface area (Å²) in [7, 11) is 0. The Morgan fingerprint density at radius 1 is 1.24 bits per heavy atom. The zero-order chi connectivity index (χ0) is 12.8. The summed E-state index contributed by atoms with van der Waals surface area (Å²) in [5, 5.41) is 10.1. The quantitative estimate of drug-likeness (QED) is 0.749. The van der Waals surface area contributed by atoms with Crippen molar-refractivity contribution < 1.29 is 5.11 Å². The molecule has 1 fully saturated rings. The van der Waals surface area contributed by atoms with Gasteiger partial charge in [-0.1, -0.05) is 46.0 Å². The third-order valence-electron chi connectivity index (χ3n) is 4.31. The molecule has 0 aliphatic heterocycles. The van der Waals surface area contributed by atoms with E-state index in [2.05, 4.69) is 20.8 Å². The molecule has 2 nitrogen and oxygen atoms in total. The van der Waals surface area contributed by atoms with Crippen LogP contribution in [0.4, 0.5) is 0 Å². The Morgan fingerprint density at radius 3 is 2.35 bits per heavy atom. The predicted molar refractivity (Wildman–Crippen MR) is 73.5 cm³/mol. The number of rotatable bonds is 6. The first-order valence-electron chi connectivity index (χ1n) is 7.27. The first kappa shape index (κ1) is 15.0. The van der Waals surface area contributed by atoms with E-state index >= 15 is 0 Å². The molecule has 101 valence electrons. The lowest BCUT2D eigenvalue weighted by molar-refractivity contribution is 0.0997. The predicted octanol–water partition coefficient (Wildman–Crippen LogP) is 3.14. The fourth-order valence-corrected chi connectivity index (χ4v) is 2.72. The number of hydrogen-bond acceptors (Lipinski definition) is 2. The molecule has 1 rings (SSSR count). The van der Waals surface area contributed by atoms with Crippen LogP contribution in [-0.2, 0) is 0 Å². The van der Waals surface area contributed by atoms with Gasteiger partial charge in [0.1, 0.15) is 0 Å². The van der Waals surface area contributed by atoms with Gasteiger partial charge in [0.05, 0.1) is 6.10 Å². The summed E-state index contributed by atoms with van der Waals surface area (Å²) >= 11 is 0. The maximum absolute atomic E-state index is 10.1. The number of hydrogen-bond donors (Lipinski definition) is 2. The first-order chi connectivity index (χ1) is 8.00. The molecule has 0 bridgehead atoms. The van der Waals surface area contributed by atoms with E-state index in [0.29, 0.717) is 11.8 Å². The SMILES string of the molecule is [CH2][C@@H](C[C@H](O)[C@@H](N)CC1CCCCC1)C(C)C. The van der Waals surface area contributed by atoms with Gasteiger partial charge in [0.15, 0.2) is 0 Å². The molecular weight excluding hydrogens is 210 g/mol. The molecule has 17 heavy (non-hydrogen) atoms. The van der Waals surface area contributed by atoms with E-state index in [1.807, 2.05) is 0 Å². The first-order valence-corrected chi connectivity index (χ1v) is 7.27. The van der Waals surface area contributed by atoms with E-state index in [4.69, 9.17) is 5.73 Å². The van der Waals surface area contributed by atoms with Gasteiger partial charge >= 0.3 is 0 Å². The van der Waals surface area contributed by atoms with Crippen molar-refractivity contribution in [1.29, 1.82) is 0 Å². The van der Waals surface area contributed by atoms with Crippen molar-refractivity contribution in [3.63, 3.8) is 0 Å². The van der Waals surface area contributed by atoms with Gasteiger partial charge in [-0.25, -0.2) is 0 Å². The fourth-order valence-electron chi connectivity index (χ4n) is 2.72. The van der Waals surface area contributed by atoms with Crippen LogP contribution >= 0.6 is 0 Å². The van der Waals surface area contributed by atoms with Gasteiger partial charge in [-0.3, -0.25) is 0 Å². The smallest absolute Gasteiger partial charge is 0.0693 e. The number of aliphatic hydroxyl groups excluding tert-OH is 1. The topological polar surface area (TPSA) is 46.2 Å². The standard InChI is InChI=1S/C15H30NO/c1-11(2)12(3)9-15(17)14(16)10-13-7-5-4-6-8-13/h11-15,17H,3-10,16H2,1-2H3/t12-,14-,15-/m0/s1. The van der Waals surface area contributed by atoms with Crippen molar-refractivity contribution in [2.24, 2.45) is 23.5 Å². The highest BCUT2D eigenvalue weighted by Gasteiger charge is 2.23. The lowest BCUT2D eigenvalue weighted by Crippen LogP contribution is -2.38. The van der Waals surface area contributed by atoms with Crippen LogP contribution in [0.25, 0.3) is 0 Å². The van der Waals surface area contributed by atoms with Crippen molar-refractivity contribution in [1.82, 2.24) is 0 Å². The highest BCUT2D eigenvalue weighted by molar-refractivity contribution is 4.80. The summed E-state index contributed by atoms with van der Waals surface area (Å²) in [6, 6.07) is -0.0545. The van der Waals surface area contributed by atoms with Crippen molar-refractivity contribution in [3.05, 3.63) is 6.92 Å². The average Bonchev–Trinajstić information content (AvgIpc) is 2.29. The summed E-state index contributed by atoms with van der Waals surface area (Å²) in [5.41, 5.74) is 6.12. The average molecular weight is 240 g/mol. The van der Waals surface area contributed by atoms with Crippen molar-refractivity contribution >= 4 is 0 Å². The van der Waals surface area contributed by atoms with Gasteiger partial charge < -0.3 is 10.8 Å². The van der Waals surface area contributed by atoms with Gasteiger partial charge in [0.2, 0.25) is 0 Å². The normalized spacial score (nSPS) is 23.6. The van der Waals surface area contributed by atoms with Gasteiger partial charge in [0.25, 0.3) is 0 Å². The molecule has 1 saturated carbocycles. The summed E-state index contributed by atoms with van der Waals surface area (Å²) in [6.07, 6.45) is 8.04. The Hall–Kier alpha value is -0.0800. The second-order valence-corrected chi connectivity index (χ2v) is 6.21.